The summed E-state index contributed by atoms with van der Waals surface area (Å²) in [5, 5.41) is 8.98. The Labute approximate surface area is 96.9 Å². The van der Waals surface area contributed by atoms with Crippen molar-refractivity contribution in [1.82, 2.24) is 0 Å². The molecular weight excluding hydrogens is 198 g/mol. The lowest BCUT2D eigenvalue weighted by Gasteiger charge is -2.25. The summed E-state index contributed by atoms with van der Waals surface area (Å²) in [5.74, 6) is 1.69. The summed E-state index contributed by atoms with van der Waals surface area (Å²) >= 11 is 0. The van der Waals surface area contributed by atoms with Gasteiger partial charge in [0.25, 0.3) is 0 Å². The predicted molar refractivity (Wildman–Crippen MR) is 63.3 cm³/mol. The van der Waals surface area contributed by atoms with Crippen molar-refractivity contribution < 1.29 is 4.74 Å². The van der Waals surface area contributed by atoms with Crippen LogP contribution in [0.3, 0.4) is 0 Å². The lowest BCUT2D eigenvalue weighted by atomic mass is 9.78. The van der Waals surface area contributed by atoms with Crippen LogP contribution in [0.15, 0.2) is 24.3 Å². The second-order valence-corrected chi connectivity index (χ2v) is 4.47. The molecule has 0 N–H and O–H groups in total. The molecule has 0 radical (unpaired) electrons. The number of hydrogen-bond acceptors (Lipinski definition) is 2. The zero-order valence-corrected chi connectivity index (χ0v) is 9.65. The van der Waals surface area contributed by atoms with Gasteiger partial charge >= 0.3 is 0 Å². The molecule has 16 heavy (non-hydrogen) atoms. The summed E-state index contributed by atoms with van der Waals surface area (Å²) in [5.41, 5.74) is 1.32. The fraction of sp³-hybridized carbons (Fsp3) is 0.500. The molecule has 1 saturated carbocycles. The molecule has 2 unspecified atom stereocenters. The predicted octanol–water partition coefficient (Wildman–Crippen LogP) is 3.49. The molecule has 1 aromatic rings. The third kappa shape index (κ3) is 2.36. The quantitative estimate of drug-likeness (QED) is 0.756. The van der Waals surface area contributed by atoms with Crippen LogP contribution in [-0.4, -0.2) is 7.11 Å². The number of ether oxygens (including phenoxy) is 1. The van der Waals surface area contributed by atoms with Crippen LogP contribution in [0.4, 0.5) is 0 Å². The van der Waals surface area contributed by atoms with E-state index in [1.807, 2.05) is 12.1 Å². The standard InChI is InChI=1S/C14H17NO/c1-16-14-7-3-6-13(9-14)12-5-2-4-11(8-12)10-15/h3,6-7,9,11-12H,2,4-5,8H2,1H3. The van der Waals surface area contributed by atoms with Gasteiger partial charge in [-0.2, -0.15) is 5.26 Å². The minimum absolute atomic E-state index is 0.241. The van der Waals surface area contributed by atoms with Gasteiger partial charge in [-0.05, 0) is 42.9 Å². The average molecular weight is 215 g/mol. The Morgan fingerprint density at radius 3 is 3.00 bits per heavy atom. The number of nitriles is 1. The fourth-order valence-electron chi connectivity index (χ4n) is 2.51. The first-order valence-electron chi connectivity index (χ1n) is 5.87. The molecule has 0 aliphatic heterocycles. The third-order valence-corrected chi connectivity index (χ3v) is 3.42. The molecule has 1 aliphatic rings. The van der Waals surface area contributed by atoms with E-state index in [1.54, 1.807) is 7.11 Å². The van der Waals surface area contributed by atoms with Gasteiger partial charge in [-0.15, -0.1) is 0 Å². The number of benzene rings is 1. The van der Waals surface area contributed by atoms with Crippen molar-refractivity contribution in [2.24, 2.45) is 5.92 Å². The third-order valence-electron chi connectivity index (χ3n) is 3.42. The van der Waals surface area contributed by atoms with Crippen LogP contribution in [0.5, 0.6) is 5.75 Å². The molecule has 2 nitrogen and oxygen atoms in total. The van der Waals surface area contributed by atoms with Crippen molar-refractivity contribution in [2.45, 2.75) is 31.6 Å². The SMILES string of the molecule is COc1cccc(C2CCCC(C#N)C2)c1. The zero-order chi connectivity index (χ0) is 11.4. The maximum absolute atomic E-state index is 8.98. The molecule has 2 heteroatoms. The van der Waals surface area contributed by atoms with E-state index in [-0.39, 0.29) is 5.92 Å². The number of methoxy groups -OCH3 is 1. The number of rotatable bonds is 2. The molecule has 1 aliphatic carbocycles. The molecule has 0 bridgehead atoms. The van der Waals surface area contributed by atoms with E-state index in [0.717, 1.165) is 18.6 Å². The maximum Gasteiger partial charge on any atom is 0.119 e. The second-order valence-electron chi connectivity index (χ2n) is 4.47. The first-order valence-corrected chi connectivity index (χ1v) is 5.87. The first-order chi connectivity index (χ1) is 7.83. The van der Waals surface area contributed by atoms with Gasteiger partial charge in [0.05, 0.1) is 13.2 Å². The minimum atomic E-state index is 0.241. The van der Waals surface area contributed by atoms with Crippen molar-refractivity contribution in [3.05, 3.63) is 29.8 Å². The summed E-state index contributed by atoms with van der Waals surface area (Å²) in [6.07, 6.45) is 4.44. The van der Waals surface area contributed by atoms with Gasteiger partial charge in [0, 0.05) is 5.92 Å². The van der Waals surface area contributed by atoms with Crippen LogP contribution >= 0.6 is 0 Å². The molecule has 2 atom stereocenters. The smallest absolute Gasteiger partial charge is 0.119 e. The topological polar surface area (TPSA) is 33.0 Å². The fourth-order valence-corrected chi connectivity index (χ4v) is 2.51. The van der Waals surface area contributed by atoms with E-state index < -0.39 is 0 Å². The Hall–Kier alpha value is -1.49. The average Bonchev–Trinajstić information content (AvgIpc) is 2.39. The molecule has 0 spiro atoms. The van der Waals surface area contributed by atoms with E-state index in [1.165, 1.54) is 18.4 Å². The van der Waals surface area contributed by atoms with Gasteiger partial charge in [0.15, 0.2) is 0 Å². The van der Waals surface area contributed by atoms with Crippen molar-refractivity contribution in [2.75, 3.05) is 7.11 Å². The molecule has 0 amide bonds. The van der Waals surface area contributed by atoms with E-state index in [2.05, 4.69) is 18.2 Å². The summed E-state index contributed by atoms with van der Waals surface area (Å²) in [6, 6.07) is 10.6. The van der Waals surface area contributed by atoms with E-state index >= 15 is 0 Å². The molecule has 2 rings (SSSR count). The summed E-state index contributed by atoms with van der Waals surface area (Å²) < 4.78 is 5.23. The van der Waals surface area contributed by atoms with E-state index in [9.17, 15) is 0 Å². The molecular formula is C14H17NO. The highest BCUT2D eigenvalue weighted by Crippen LogP contribution is 2.36. The van der Waals surface area contributed by atoms with Crippen molar-refractivity contribution in [3.8, 4) is 11.8 Å². The van der Waals surface area contributed by atoms with Crippen LogP contribution < -0.4 is 4.74 Å². The normalized spacial score (nSPS) is 24.8. The highest BCUT2D eigenvalue weighted by molar-refractivity contribution is 5.31. The molecule has 1 aromatic carbocycles. The first kappa shape index (κ1) is 11.0. The summed E-state index contributed by atoms with van der Waals surface area (Å²) in [4.78, 5) is 0. The second kappa shape index (κ2) is 5.03. The van der Waals surface area contributed by atoms with Gasteiger partial charge in [-0.3, -0.25) is 0 Å². The van der Waals surface area contributed by atoms with Gasteiger partial charge < -0.3 is 4.74 Å². The van der Waals surface area contributed by atoms with Crippen LogP contribution in [-0.2, 0) is 0 Å². The van der Waals surface area contributed by atoms with Crippen molar-refractivity contribution in [3.63, 3.8) is 0 Å². The maximum atomic E-state index is 8.98. The van der Waals surface area contributed by atoms with E-state index in [0.29, 0.717) is 5.92 Å². The van der Waals surface area contributed by atoms with Crippen molar-refractivity contribution in [1.29, 1.82) is 5.26 Å². The van der Waals surface area contributed by atoms with Gasteiger partial charge in [-0.1, -0.05) is 18.6 Å². The van der Waals surface area contributed by atoms with Crippen LogP contribution in [0.2, 0.25) is 0 Å². The van der Waals surface area contributed by atoms with Gasteiger partial charge in [0.1, 0.15) is 5.75 Å². The highest BCUT2D eigenvalue weighted by atomic mass is 16.5. The lowest BCUT2D eigenvalue weighted by Crippen LogP contribution is -2.12. The Kier molecular flexibility index (Phi) is 3.46. The molecule has 0 heterocycles. The van der Waals surface area contributed by atoms with Crippen LogP contribution in [0.25, 0.3) is 0 Å². The minimum Gasteiger partial charge on any atom is -0.497 e. The van der Waals surface area contributed by atoms with Gasteiger partial charge in [-0.25, -0.2) is 0 Å². The molecule has 0 aromatic heterocycles. The highest BCUT2D eigenvalue weighted by Gasteiger charge is 2.23. The van der Waals surface area contributed by atoms with E-state index in [4.69, 9.17) is 10.00 Å². The zero-order valence-electron chi connectivity index (χ0n) is 9.65. The largest absolute Gasteiger partial charge is 0.497 e. The Morgan fingerprint density at radius 2 is 2.25 bits per heavy atom. The summed E-state index contributed by atoms with van der Waals surface area (Å²) in [6.45, 7) is 0. The van der Waals surface area contributed by atoms with Crippen molar-refractivity contribution >= 4 is 0 Å². The number of nitrogens with zero attached hydrogens (tertiary/aromatic N) is 1. The number of hydrogen-bond donors (Lipinski definition) is 0. The van der Waals surface area contributed by atoms with Crippen LogP contribution in [0.1, 0.15) is 37.2 Å². The lowest BCUT2D eigenvalue weighted by molar-refractivity contribution is 0.376. The van der Waals surface area contributed by atoms with Gasteiger partial charge in [0.2, 0.25) is 0 Å². The molecule has 84 valence electrons. The molecule has 1 fully saturated rings. The Morgan fingerprint density at radius 1 is 1.38 bits per heavy atom. The summed E-state index contributed by atoms with van der Waals surface area (Å²) in [7, 11) is 1.69. The molecule has 0 saturated heterocycles. The monoisotopic (exact) mass is 215 g/mol. The Balaban J connectivity index is 2.14. The van der Waals surface area contributed by atoms with Crippen LogP contribution in [0, 0.1) is 17.2 Å². The Bertz CT molecular complexity index is 394.